The molecule has 2 atom stereocenters. The third-order valence-electron chi connectivity index (χ3n) is 5.09. The number of amides is 2. The van der Waals surface area contributed by atoms with Gasteiger partial charge in [-0.25, -0.2) is 9.78 Å². The zero-order chi connectivity index (χ0) is 16.9. The van der Waals surface area contributed by atoms with Gasteiger partial charge in [-0.15, -0.1) is 0 Å². The molecule has 0 spiro atoms. The lowest BCUT2D eigenvalue weighted by Crippen LogP contribution is -2.47. The number of hydrogen-bond donors (Lipinski definition) is 1. The quantitative estimate of drug-likeness (QED) is 0.925. The molecule has 0 aliphatic carbocycles. The van der Waals surface area contributed by atoms with E-state index >= 15 is 0 Å². The number of anilines is 1. The summed E-state index contributed by atoms with van der Waals surface area (Å²) in [6.07, 6.45) is 6.95. The standard InChI is InChI=1S/C19H30N4O/c1-15-10-16(2)14-23(13-15)19(24)21-12-17-6-7-18(20-11-17)22-8-4-3-5-9-22/h6-7,11,15-16H,3-5,8-10,12-14H2,1-2H3,(H,21,24). The normalized spacial score (nSPS) is 24.8. The maximum absolute atomic E-state index is 12.4. The predicted octanol–water partition coefficient (Wildman–Crippen LogP) is 3.26. The Morgan fingerprint density at radius 3 is 2.50 bits per heavy atom. The molecule has 5 nitrogen and oxygen atoms in total. The van der Waals surface area contributed by atoms with Crippen molar-refractivity contribution in [2.45, 2.75) is 46.1 Å². The minimum Gasteiger partial charge on any atom is -0.357 e. The van der Waals surface area contributed by atoms with Gasteiger partial charge in [-0.05, 0) is 49.1 Å². The molecule has 0 saturated carbocycles. The van der Waals surface area contributed by atoms with E-state index in [0.29, 0.717) is 18.4 Å². The number of rotatable bonds is 3. The summed E-state index contributed by atoms with van der Waals surface area (Å²) in [5.41, 5.74) is 1.06. The maximum Gasteiger partial charge on any atom is 0.317 e. The van der Waals surface area contributed by atoms with Crippen LogP contribution in [-0.4, -0.2) is 42.1 Å². The maximum atomic E-state index is 12.4. The number of piperidine rings is 2. The molecule has 0 radical (unpaired) electrons. The van der Waals surface area contributed by atoms with Crippen molar-refractivity contribution >= 4 is 11.8 Å². The van der Waals surface area contributed by atoms with Gasteiger partial charge in [0.1, 0.15) is 5.82 Å². The summed E-state index contributed by atoms with van der Waals surface area (Å²) in [6.45, 7) is 8.93. The summed E-state index contributed by atoms with van der Waals surface area (Å²) < 4.78 is 0. The molecule has 0 bridgehead atoms. The fourth-order valence-corrected chi connectivity index (χ4v) is 3.95. The van der Waals surface area contributed by atoms with Crippen molar-refractivity contribution in [1.29, 1.82) is 0 Å². The van der Waals surface area contributed by atoms with Gasteiger partial charge in [0.05, 0.1) is 0 Å². The Kier molecular flexibility index (Phi) is 5.59. The number of pyridine rings is 1. The molecule has 1 aromatic rings. The Hall–Kier alpha value is -1.78. The predicted molar refractivity (Wildman–Crippen MR) is 97.1 cm³/mol. The largest absolute Gasteiger partial charge is 0.357 e. The minimum absolute atomic E-state index is 0.0495. The number of likely N-dealkylation sites (tertiary alicyclic amines) is 1. The summed E-state index contributed by atoms with van der Waals surface area (Å²) >= 11 is 0. The molecule has 2 aliphatic heterocycles. The highest BCUT2D eigenvalue weighted by molar-refractivity contribution is 5.74. The average Bonchev–Trinajstić information content (AvgIpc) is 2.60. The molecule has 132 valence electrons. The lowest BCUT2D eigenvalue weighted by molar-refractivity contribution is 0.146. The molecule has 1 aromatic heterocycles. The monoisotopic (exact) mass is 330 g/mol. The van der Waals surface area contributed by atoms with Crippen molar-refractivity contribution in [1.82, 2.24) is 15.2 Å². The van der Waals surface area contributed by atoms with Crippen LogP contribution in [0.1, 0.15) is 45.1 Å². The third kappa shape index (κ3) is 4.40. The fraction of sp³-hybridized carbons (Fsp3) is 0.684. The highest BCUT2D eigenvalue weighted by atomic mass is 16.2. The van der Waals surface area contributed by atoms with Crippen molar-refractivity contribution in [3.8, 4) is 0 Å². The van der Waals surface area contributed by atoms with Crippen LogP contribution in [0.2, 0.25) is 0 Å². The molecule has 2 amide bonds. The molecule has 5 heteroatoms. The van der Waals surface area contributed by atoms with Gasteiger partial charge < -0.3 is 15.1 Å². The molecular formula is C19H30N4O. The van der Waals surface area contributed by atoms with Crippen LogP contribution in [0, 0.1) is 11.8 Å². The Morgan fingerprint density at radius 1 is 1.17 bits per heavy atom. The van der Waals surface area contributed by atoms with Gasteiger partial charge in [-0.3, -0.25) is 0 Å². The van der Waals surface area contributed by atoms with Crippen LogP contribution in [0.3, 0.4) is 0 Å². The minimum atomic E-state index is 0.0495. The van der Waals surface area contributed by atoms with Crippen LogP contribution >= 0.6 is 0 Å². The number of carbonyl (C=O) groups is 1. The second-order valence-corrected chi connectivity index (χ2v) is 7.58. The molecule has 3 rings (SSSR count). The van der Waals surface area contributed by atoms with E-state index in [-0.39, 0.29) is 6.03 Å². The summed E-state index contributed by atoms with van der Waals surface area (Å²) in [5.74, 6) is 2.23. The van der Waals surface area contributed by atoms with E-state index in [1.165, 1.54) is 25.7 Å². The fourth-order valence-electron chi connectivity index (χ4n) is 3.95. The van der Waals surface area contributed by atoms with Gasteiger partial charge in [0.2, 0.25) is 0 Å². The van der Waals surface area contributed by atoms with E-state index < -0.39 is 0 Å². The van der Waals surface area contributed by atoms with E-state index in [9.17, 15) is 4.79 Å². The molecule has 3 heterocycles. The molecule has 2 saturated heterocycles. The average molecular weight is 330 g/mol. The smallest absolute Gasteiger partial charge is 0.317 e. The number of urea groups is 1. The molecule has 2 fully saturated rings. The van der Waals surface area contributed by atoms with Gasteiger partial charge >= 0.3 is 6.03 Å². The Bertz CT molecular complexity index is 529. The van der Waals surface area contributed by atoms with Gasteiger partial charge in [0.25, 0.3) is 0 Å². The first-order valence-electron chi connectivity index (χ1n) is 9.34. The van der Waals surface area contributed by atoms with Crippen LogP contribution < -0.4 is 10.2 Å². The zero-order valence-corrected chi connectivity index (χ0v) is 15.0. The van der Waals surface area contributed by atoms with E-state index in [0.717, 1.165) is 37.6 Å². The molecule has 2 aliphatic rings. The van der Waals surface area contributed by atoms with E-state index in [1.54, 1.807) is 0 Å². The summed E-state index contributed by atoms with van der Waals surface area (Å²) in [7, 11) is 0. The number of hydrogen-bond acceptors (Lipinski definition) is 3. The molecule has 2 unspecified atom stereocenters. The lowest BCUT2D eigenvalue weighted by atomic mass is 9.92. The number of nitrogens with zero attached hydrogens (tertiary/aromatic N) is 3. The van der Waals surface area contributed by atoms with Crippen LogP contribution in [-0.2, 0) is 6.54 Å². The van der Waals surface area contributed by atoms with E-state index in [4.69, 9.17) is 0 Å². The first-order valence-corrected chi connectivity index (χ1v) is 9.34. The molecule has 1 N–H and O–H groups in total. The second-order valence-electron chi connectivity index (χ2n) is 7.58. The summed E-state index contributed by atoms with van der Waals surface area (Å²) in [4.78, 5) is 21.2. The number of nitrogens with one attached hydrogen (secondary N) is 1. The Morgan fingerprint density at radius 2 is 1.88 bits per heavy atom. The van der Waals surface area contributed by atoms with Crippen LogP contribution in [0.15, 0.2) is 18.3 Å². The first-order chi connectivity index (χ1) is 11.6. The summed E-state index contributed by atoms with van der Waals surface area (Å²) in [6, 6.07) is 4.21. The van der Waals surface area contributed by atoms with E-state index in [1.807, 2.05) is 11.1 Å². The van der Waals surface area contributed by atoms with Crippen LogP contribution in [0.5, 0.6) is 0 Å². The van der Waals surface area contributed by atoms with Crippen molar-refractivity contribution in [2.24, 2.45) is 11.8 Å². The Labute approximate surface area is 145 Å². The van der Waals surface area contributed by atoms with Gasteiger partial charge in [-0.2, -0.15) is 0 Å². The van der Waals surface area contributed by atoms with Gasteiger partial charge in [0.15, 0.2) is 0 Å². The zero-order valence-electron chi connectivity index (χ0n) is 15.0. The topological polar surface area (TPSA) is 48.5 Å². The number of aromatic nitrogens is 1. The number of carbonyl (C=O) groups excluding carboxylic acids is 1. The van der Waals surface area contributed by atoms with Crippen molar-refractivity contribution < 1.29 is 4.79 Å². The molecule has 24 heavy (non-hydrogen) atoms. The summed E-state index contributed by atoms with van der Waals surface area (Å²) in [5, 5.41) is 3.04. The van der Waals surface area contributed by atoms with Crippen LogP contribution in [0.25, 0.3) is 0 Å². The van der Waals surface area contributed by atoms with E-state index in [2.05, 4.69) is 41.2 Å². The molecular weight excluding hydrogens is 300 g/mol. The SMILES string of the molecule is CC1CC(C)CN(C(=O)NCc2ccc(N3CCCCC3)nc2)C1. The van der Waals surface area contributed by atoms with Crippen LogP contribution in [0.4, 0.5) is 10.6 Å². The highest BCUT2D eigenvalue weighted by Crippen LogP contribution is 2.21. The third-order valence-corrected chi connectivity index (χ3v) is 5.09. The molecule has 0 aromatic carbocycles. The Balaban J connectivity index is 1.50. The van der Waals surface area contributed by atoms with Gasteiger partial charge in [0, 0.05) is 38.9 Å². The van der Waals surface area contributed by atoms with Crippen molar-refractivity contribution in [2.75, 3.05) is 31.1 Å². The van der Waals surface area contributed by atoms with Crippen molar-refractivity contribution in [3.05, 3.63) is 23.9 Å². The first kappa shape index (κ1) is 17.1. The van der Waals surface area contributed by atoms with Gasteiger partial charge in [-0.1, -0.05) is 19.9 Å². The van der Waals surface area contributed by atoms with Crippen molar-refractivity contribution in [3.63, 3.8) is 0 Å². The second kappa shape index (κ2) is 7.86. The highest BCUT2D eigenvalue weighted by Gasteiger charge is 2.25. The lowest BCUT2D eigenvalue weighted by Gasteiger charge is -2.34.